The molecule has 0 N–H and O–H groups in total. The van der Waals surface area contributed by atoms with E-state index in [0.29, 0.717) is 36.0 Å². The molecule has 188 valence electrons. The molecule has 0 fully saturated rings. The fourth-order valence-corrected chi connectivity index (χ4v) is 5.85. The first-order valence-electron chi connectivity index (χ1n) is 11.6. The molecule has 36 heavy (non-hydrogen) atoms. The van der Waals surface area contributed by atoms with Gasteiger partial charge in [-0.1, -0.05) is 48.7 Å². The third-order valence-corrected chi connectivity index (χ3v) is 7.80. The van der Waals surface area contributed by atoms with Crippen LogP contribution < -0.4 is 0 Å². The average Bonchev–Trinajstić information content (AvgIpc) is 3.35. The van der Waals surface area contributed by atoms with Crippen molar-refractivity contribution in [3.63, 3.8) is 0 Å². The number of fused-ring (bicyclic) bond motifs is 1. The Kier molecular flexibility index (Phi) is 8.28. The van der Waals surface area contributed by atoms with Crippen LogP contribution in [-0.4, -0.2) is 46.2 Å². The number of nitro benzene ring substituents is 1. The van der Waals surface area contributed by atoms with Crippen molar-refractivity contribution < 1.29 is 14.5 Å². The number of thiophene rings is 1. The molecule has 4 rings (SSSR count). The number of hydrogen-bond acceptors (Lipinski definition) is 5. The number of nitro groups is 1. The van der Waals surface area contributed by atoms with Gasteiger partial charge in [-0.05, 0) is 53.6 Å². The monoisotopic (exact) mass is 545 g/mol. The van der Waals surface area contributed by atoms with Gasteiger partial charge in [-0.3, -0.25) is 19.7 Å². The van der Waals surface area contributed by atoms with Gasteiger partial charge in [0.15, 0.2) is 0 Å². The molecule has 7 nitrogen and oxygen atoms in total. The molecule has 1 aliphatic heterocycles. The lowest BCUT2D eigenvalue weighted by molar-refractivity contribution is -0.384. The summed E-state index contributed by atoms with van der Waals surface area (Å²) in [6.45, 7) is 2.72. The summed E-state index contributed by atoms with van der Waals surface area (Å²) in [4.78, 5) is 42.2. The van der Waals surface area contributed by atoms with Crippen LogP contribution in [0.1, 0.15) is 52.2 Å². The van der Waals surface area contributed by atoms with Crippen LogP contribution in [0, 0.1) is 10.1 Å². The molecule has 2 heterocycles. The van der Waals surface area contributed by atoms with E-state index in [1.165, 1.54) is 34.0 Å². The summed E-state index contributed by atoms with van der Waals surface area (Å²) in [5.74, 6) is -0.618. The molecule has 2 amide bonds. The Morgan fingerprint density at radius 3 is 2.69 bits per heavy atom. The van der Waals surface area contributed by atoms with E-state index >= 15 is 0 Å². The van der Waals surface area contributed by atoms with Crippen molar-refractivity contribution in [2.45, 2.75) is 32.2 Å². The number of unbranched alkanes of at least 4 members (excludes halogenated alkanes) is 1. The highest BCUT2D eigenvalue weighted by Crippen LogP contribution is 2.41. The van der Waals surface area contributed by atoms with E-state index in [4.69, 9.17) is 23.2 Å². The minimum absolute atomic E-state index is 0.136. The van der Waals surface area contributed by atoms with Gasteiger partial charge in [0, 0.05) is 45.7 Å². The summed E-state index contributed by atoms with van der Waals surface area (Å²) >= 11 is 14.3. The molecule has 1 unspecified atom stereocenters. The molecule has 2 aromatic carbocycles. The maximum absolute atomic E-state index is 13.7. The maximum Gasteiger partial charge on any atom is 0.270 e. The smallest absolute Gasteiger partial charge is 0.270 e. The SMILES string of the molecule is CCCCN(CC(=O)N1CCc2sccc2C1c1ccc(Cl)cc1Cl)C(=O)c1cccc([N+](=O)[O-])c1. The van der Waals surface area contributed by atoms with Crippen molar-refractivity contribution in [1.29, 1.82) is 0 Å². The van der Waals surface area contributed by atoms with Gasteiger partial charge in [0.05, 0.1) is 11.0 Å². The number of non-ortho nitro benzene ring substituents is 1. The summed E-state index contributed by atoms with van der Waals surface area (Å²) in [5, 5.41) is 14.2. The summed E-state index contributed by atoms with van der Waals surface area (Å²) in [7, 11) is 0. The number of benzene rings is 2. The summed E-state index contributed by atoms with van der Waals surface area (Å²) in [6, 6.07) is 12.5. The zero-order valence-corrected chi connectivity index (χ0v) is 22.0. The minimum atomic E-state index is -0.537. The molecule has 0 radical (unpaired) electrons. The Bertz CT molecular complexity index is 1300. The predicted molar refractivity (Wildman–Crippen MR) is 142 cm³/mol. The van der Waals surface area contributed by atoms with Gasteiger partial charge in [0.1, 0.15) is 6.54 Å². The number of hydrogen-bond donors (Lipinski definition) is 0. The molecule has 0 bridgehead atoms. The normalized spacial score (nSPS) is 14.9. The molecule has 0 aliphatic carbocycles. The van der Waals surface area contributed by atoms with Gasteiger partial charge in [-0.25, -0.2) is 0 Å². The minimum Gasteiger partial charge on any atom is -0.330 e. The Hall–Kier alpha value is -2.94. The Morgan fingerprint density at radius 1 is 1.17 bits per heavy atom. The van der Waals surface area contributed by atoms with Crippen molar-refractivity contribution in [3.8, 4) is 0 Å². The summed E-state index contributed by atoms with van der Waals surface area (Å²) in [6.07, 6.45) is 2.25. The Morgan fingerprint density at radius 2 is 1.97 bits per heavy atom. The molecule has 0 saturated carbocycles. The fourth-order valence-electron chi connectivity index (χ4n) is 4.43. The van der Waals surface area contributed by atoms with Crippen molar-refractivity contribution in [2.75, 3.05) is 19.6 Å². The first-order chi connectivity index (χ1) is 17.3. The third kappa shape index (κ3) is 5.56. The molecule has 1 atom stereocenters. The van der Waals surface area contributed by atoms with Crippen LogP contribution in [0.4, 0.5) is 5.69 Å². The lowest BCUT2D eigenvalue weighted by atomic mass is 9.93. The topological polar surface area (TPSA) is 83.8 Å². The molecule has 0 spiro atoms. The maximum atomic E-state index is 13.7. The first kappa shape index (κ1) is 26.1. The number of amides is 2. The van der Waals surface area contributed by atoms with Gasteiger partial charge >= 0.3 is 0 Å². The van der Waals surface area contributed by atoms with Crippen LogP contribution in [0.15, 0.2) is 53.9 Å². The van der Waals surface area contributed by atoms with Crippen molar-refractivity contribution in [2.24, 2.45) is 0 Å². The molecular weight excluding hydrogens is 521 g/mol. The number of nitrogens with zero attached hydrogens (tertiary/aromatic N) is 3. The standard InChI is InChI=1S/C26H25Cl2N3O4S/c1-2-3-11-29(26(33)17-5-4-6-19(14-17)31(34)35)16-24(32)30-12-9-23-21(10-13-36-23)25(30)20-8-7-18(27)15-22(20)28/h4-8,10,13-15,25H,2-3,9,11-12,16H2,1H3. The van der Waals surface area contributed by atoms with Gasteiger partial charge < -0.3 is 9.80 Å². The van der Waals surface area contributed by atoms with Gasteiger partial charge in [0.25, 0.3) is 11.6 Å². The second-order valence-electron chi connectivity index (χ2n) is 8.59. The van der Waals surface area contributed by atoms with Crippen LogP contribution in [0.3, 0.4) is 0 Å². The fraction of sp³-hybridized carbons (Fsp3) is 0.308. The molecular formula is C26H25Cl2N3O4S. The number of carbonyl (C=O) groups excluding carboxylic acids is 2. The number of rotatable bonds is 8. The second kappa shape index (κ2) is 11.4. The van der Waals surface area contributed by atoms with Gasteiger partial charge in [0.2, 0.25) is 5.91 Å². The van der Waals surface area contributed by atoms with Crippen LogP contribution in [0.2, 0.25) is 10.0 Å². The molecule has 1 aromatic heterocycles. The highest BCUT2D eigenvalue weighted by molar-refractivity contribution is 7.10. The second-order valence-corrected chi connectivity index (χ2v) is 10.4. The van der Waals surface area contributed by atoms with Crippen LogP contribution in [0.5, 0.6) is 0 Å². The summed E-state index contributed by atoms with van der Waals surface area (Å²) in [5.41, 5.74) is 1.82. The van der Waals surface area contributed by atoms with Gasteiger partial charge in [-0.2, -0.15) is 0 Å². The predicted octanol–water partition coefficient (Wildman–Crippen LogP) is 6.38. The van der Waals surface area contributed by atoms with Crippen molar-refractivity contribution in [3.05, 3.63) is 95.6 Å². The van der Waals surface area contributed by atoms with Crippen LogP contribution in [0.25, 0.3) is 0 Å². The van der Waals surface area contributed by atoms with E-state index in [-0.39, 0.29) is 23.7 Å². The van der Waals surface area contributed by atoms with E-state index < -0.39 is 16.9 Å². The van der Waals surface area contributed by atoms with Crippen molar-refractivity contribution >= 4 is 52.0 Å². The van der Waals surface area contributed by atoms with E-state index in [0.717, 1.165) is 17.5 Å². The van der Waals surface area contributed by atoms with Crippen molar-refractivity contribution in [1.82, 2.24) is 9.80 Å². The zero-order chi connectivity index (χ0) is 25.8. The zero-order valence-electron chi connectivity index (χ0n) is 19.7. The Balaban J connectivity index is 1.64. The van der Waals surface area contributed by atoms with Gasteiger partial charge in [-0.15, -0.1) is 11.3 Å². The van der Waals surface area contributed by atoms with E-state index in [9.17, 15) is 19.7 Å². The molecule has 10 heteroatoms. The lowest BCUT2D eigenvalue weighted by Gasteiger charge is -2.38. The Labute approximate surface area is 223 Å². The average molecular weight is 546 g/mol. The first-order valence-corrected chi connectivity index (χ1v) is 13.3. The lowest BCUT2D eigenvalue weighted by Crippen LogP contribution is -2.47. The van der Waals surface area contributed by atoms with Crippen LogP contribution in [-0.2, 0) is 11.2 Å². The quantitative estimate of drug-likeness (QED) is 0.243. The summed E-state index contributed by atoms with van der Waals surface area (Å²) < 4.78 is 0. The highest BCUT2D eigenvalue weighted by atomic mass is 35.5. The number of carbonyl (C=O) groups is 2. The molecule has 1 aliphatic rings. The molecule has 3 aromatic rings. The largest absolute Gasteiger partial charge is 0.330 e. The highest BCUT2D eigenvalue weighted by Gasteiger charge is 2.35. The third-order valence-electron chi connectivity index (χ3n) is 6.24. The number of halogens is 2. The van der Waals surface area contributed by atoms with E-state index in [2.05, 4.69) is 0 Å². The van der Waals surface area contributed by atoms with E-state index in [1.54, 1.807) is 28.4 Å². The molecule has 0 saturated heterocycles. The van der Waals surface area contributed by atoms with Crippen LogP contribution >= 0.6 is 34.5 Å². The van der Waals surface area contributed by atoms with E-state index in [1.807, 2.05) is 24.4 Å².